The maximum Gasteiger partial charge on any atom is 0.510 e. The van der Waals surface area contributed by atoms with E-state index in [0.29, 0.717) is 12.4 Å². The number of ether oxygens (including phenoxy) is 3. The minimum absolute atomic E-state index is 0.0504. The monoisotopic (exact) mass is 532 g/mol. The van der Waals surface area contributed by atoms with Gasteiger partial charge in [0.1, 0.15) is 6.17 Å². The van der Waals surface area contributed by atoms with E-state index >= 15 is 0 Å². The van der Waals surface area contributed by atoms with Crippen molar-refractivity contribution in [1.82, 2.24) is 9.58 Å². The molecule has 3 aliphatic rings. The first kappa shape index (κ1) is 24.1. The van der Waals surface area contributed by atoms with Crippen molar-refractivity contribution in [2.24, 2.45) is 4.99 Å². The van der Waals surface area contributed by atoms with E-state index in [0.717, 1.165) is 40.3 Å². The number of fused-ring (bicyclic) bond motifs is 4. The van der Waals surface area contributed by atoms with Crippen molar-refractivity contribution in [1.29, 1.82) is 0 Å². The number of hydrogen-bond donors (Lipinski definition) is 0. The fraction of sp³-hybridized carbons (Fsp3) is 0.259. The van der Waals surface area contributed by atoms with Crippen LogP contribution < -0.4 is 15.2 Å². The SMILES string of the molecule is COC(=O)OCOc1c2n(ccc1=O)N(C1=Nc3ccccc3Sc3ccccc31)[C@@H]1CCCCN1C2=O. The molecule has 0 bridgehead atoms. The van der Waals surface area contributed by atoms with Gasteiger partial charge in [-0.25, -0.2) is 19.5 Å². The smallest absolute Gasteiger partial charge is 0.451 e. The molecule has 1 saturated heterocycles. The van der Waals surface area contributed by atoms with E-state index in [1.54, 1.807) is 27.5 Å². The maximum atomic E-state index is 13.8. The van der Waals surface area contributed by atoms with E-state index in [1.165, 1.54) is 13.2 Å². The first-order valence-corrected chi connectivity index (χ1v) is 13.0. The molecule has 6 rings (SSSR count). The number of aromatic nitrogens is 1. The molecule has 194 valence electrons. The molecule has 0 saturated carbocycles. The van der Waals surface area contributed by atoms with Crippen LogP contribution in [-0.2, 0) is 9.47 Å². The number of benzene rings is 2. The van der Waals surface area contributed by atoms with Gasteiger partial charge in [-0.3, -0.25) is 9.59 Å². The van der Waals surface area contributed by atoms with Gasteiger partial charge in [-0.05, 0) is 37.5 Å². The fourth-order valence-electron chi connectivity index (χ4n) is 4.99. The van der Waals surface area contributed by atoms with Crippen molar-refractivity contribution in [3.05, 3.63) is 82.3 Å². The zero-order valence-electron chi connectivity index (χ0n) is 20.5. The Labute approximate surface area is 222 Å². The van der Waals surface area contributed by atoms with Crippen LogP contribution in [0.3, 0.4) is 0 Å². The van der Waals surface area contributed by atoms with Crippen molar-refractivity contribution in [2.45, 2.75) is 35.2 Å². The van der Waals surface area contributed by atoms with Gasteiger partial charge in [-0.2, -0.15) is 0 Å². The summed E-state index contributed by atoms with van der Waals surface area (Å²) in [5.41, 5.74) is 1.27. The van der Waals surface area contributed by atoms with Crippen molar-refractivity contribution in [3.63, 3.8) is 0 Å². The highest BCUT2D eigenvalue weighted by Crippen LogP contribution is 2.41. The summed E-state index contributed by atoms with van der Waals surface area (Å²) in [7, 11) is 1.17. The number of methoxy groups -OCH3 is 1. The molecule has 0 radical (unpaired) electrons. The molecule has 1 fully saturated rings. The highest BCUT2D eigenvalue weighted by atomic mass is 32.2. The number of rotatable bonds is 3. The summed E-state index contributed by atoms with van der Waals surface area (Å²) in [4.78, 5) is 47.1. The van der Waals surface area contributed by atoms with Gasteiger partial charge >= 0.3 is 6.16 Å². The Balaban J connectivity index is 1.55. The number of para-hydroxylation sites is 1. The Morgan fingerprint density at radius 1 is 1.05 bits per heavy atom. The van der Waals surface area contributed by atoms with Gasteiger partial charge in [0.05, 0.1) is 12.8 Å². The molecule has 3 aromatic rings. The zero-order chi connectivity index (χ0) is 26.2. The second-order valence-electron chi connectivity index (χ2n) is 8.88. The van der Waals surface area contributed by atoms with Gasteiger partial charge < -0.3 is 19.1 Å². The third kappa shape index (κ3) is 4.08. The molecule has 1 amide bonds. The summed E-state index contributed by atoms with van der Waals surface area (Å²) >= 11 is 1.64. The number of hydrogen-bond acceptors (Lipinski definition) is 9. The van der Waals surface area contributed by atoms with Crippen LogP contribution in [-0.4, -0.2) is 54.1 Å². The number of aliphatic imine (C=N–C) groups is 1. The Kier molecular flexibility index (Phi) is 6.28. The van der Waals surface area contributed by atoms with Crippen LogP contribution in [0.25, 0.3) is 0 Å². The van der Waals surface area contributed by atoms with Crippen molar-refractivity contribution in [2.75, 3.05) is 25.5 Å². The predicted molar refractivity (Wildman–Crippen MR) is 140 cm³/mol. The molecule has 11 heteroatoms. The van der Waals surface area contributed by atoms with Crippen molar-refractivity contribution in [3.8, 4) is 5.75 Å². The summed E-state index contributed by atoms with van der Waals surface area (Å²) in [6.45, 7) is -0.0507. The molecule has 0 aliphatic carbocycles. The molecule has 38 heavy (non-hydrogen) atoms. The summed E-state index contributed by atoms with van der Waals surface area (Å²) < 4.78 is 16.5. The molecule has 0 N–H and O–H groups in total. The average molecular weight is 533 g/mol. The van der Waals surface area contributed by atoms with Crippen LogP contribution in [0.4, 0.5) is 10.5 Å². The van der Waals surface area contributed by atoms with E-state index in [-0.39, 0.29) is 23.5 Å². The van der Waals surface area contributed by atoms with Gasteiger partial charge in [0.25, 0.3) is 5.91 Å². The number of amides is 1. The number of pyridine rings is 1. The van der Waals surface area contributed by atoms with Crippen molar-refractivity contribution >= 4 is 35.3 Å². The Bertz CT molecular complexity index is 1520. The third-order valence-corrected chi connectivity index (χ3v) is 7.83. The molecule has 10 nitrogen and oxygen atoms in total. The standard InChI is InChI=1S/C27H24N4O6S/c1-35-27(34)37-16-36-24-19(32)13-15-30-23(24)26(33)29-14-7-6-12-22(29)31(30)25-17-8-2-4-10-20(17)38-21-11-5-3-9-18(21)28-25/h2-5,8-11,13,15,22H,6-7,12,14,16H2,1H3/t22-/m1/s1. The van der Waals surface area contributed by atoms with Crippen LogP contribution in [0, 0.1) is 0 Å². The molecular weight excluding hydrogens is 508 g/mol. The molecule has 4 heterocycles. The largest absolute Gasteiger partial charge is 0.510 e. The van der Waals surface area contributed by atoms with Crippen LogP contribution in [0.15, 0.2) is 80.4 Å². The summed E-state index contributed by atoms with van der Waals surface area (Å²) in [5.74, 6) is 0.130. The number of nitrogens with zero attached hydrogens (tertiary/aromatic N) is 4. The number of carbonyl (C=O) groups excluding carboxylic acids is 2. The van der Waals surface area contributed by atoms with Crippen LogP contribution in [0.5, 0.6) is 5.75 Å². The molecular formula is C27H24N4O6S. The lowest BCUT2D eigenvalue weighted by atomic mass is 10.0. The van der Waals surface area contributed by atoms with Crippen LogP contribution >= 0.6 is 11.8 Å². The van der Waals surface area contributed by atoms with E-state index in [4.69, 9.17) is 14.5 Å². The first-order valence-electron chi connectivity index (χ1n) is 12.2. The number of carbonyl (C=O) groups is 2. The zero-order valence-corrected chi connectivity index (χ0v) is 21.3. The molecule has 1 atom stereocenters. The quantitative estimate of drug-likeness (QED) is 0.367. The average Bonchev–Trinajstić information content (AvgIpc) is 3.11. The topological polar surface area (TPSA) is 103 Å². The van der Waals surface area contributed by atoms with Crippen molar-refractivity contribution < 1.29 is 23.8 Å². The molecule has 2 aromatic carbocycles. The third-order valence-electron chi connectivity index (χ3n) is 6.69. The van der Waals surface area contributed by atoms with Crippen LogP contribution in [0.2, 0.25) is 0 Å². The molecule has 0 spiro atoms. The normalized spacial score (nSPS) is 17.8. The Morgan fingerprint density at radius 3 is 2.68 bits per heavy atom. The first-order chi connectivity index (χ1) is 18.6. The lowest BCUT2D eigenvalue weighted by Gasteiger charge is -2.48. The van der Waals surface area contributed by atoms with Gasteiger partial charge in [-0.1, -0.05) is 42.1 Å². The minimum Gasteiger partial charge on any atom is -0.451 e. The molecule has 1 aromatic heterocycles. The summed E-state index contributed by atoms with van der Waals surface area (Å²) in [5, 5.41) is 1.98. The number of amidine groups is 1. The second-order valence-corrected chi connectivity index (χ2v) is 9.97. The fourth-order valence-corrected chi connectivity index (χ4v) is 6.01. The van der Waals surface area contributed by atoms with E-state index in [2.05, 4.69) is 10.8 Å². The lowest BCUT2D eigenvalue weighted by Crippen LogP contribution is -2.64. The predicted octanol–water partition coefficient (Wildman–Crippen LogP) is 4.11. The molecule has 3 aliphatic heterocycles. The Morgan fingerprint density at radius 2 is 1.84 bits per heavy atom. The maximum absolute atomic E-state index is 13.8. The number of piperidine rings is 1. The van der Waals surface area contributed by atoms with Crippen LogP contribution in [0.1, 0.15) is 35.3 Å². The summed E-state index contributed by atoms with van der Waals surface area (Å²) in [6.07, 6.45) is 2.82. The summed E-state index contributed by atoms with van der Waals surface area (Å²) in [6, 6.07) is 17.3. The Hall–Kier alpha value is -4.25. The van der Waals surface area contributed by atoms with Gasteiger partial charge in [0.15, 0.2) is 11.5 Å². The van der Waals surface area contributed by atoms with Gasteiger partial charge in [0, 0.05) is 34.2 Å². The van der Waals surface area contributed by atoms with E-state index in [1.807, 2.05) is 47.5 Å². The second kappa shape index (κ2) is 9.90. The highest BCUT2D eigenvalue weighted by Gasteiger charge is 2.43. The van der Waals surface area contributed by atoms with Gasteiger partial charge in [-0.15, -0.1) is 0 Å². The molecule has 0 unspecified atom stereocenters. The van der Waals surface area contributed by atoms with E-state index < -0.39 is 18.4 Å². The minimum atomic E-state index is -0.959. The van der Waals surface area contributed by atoms with E-state index in [9.17, 15) is 14.4 Å². The van der Waals surface area contributed by atoms with Gasteiger partial charge in [0.2, 0.25) is 18.0 Å². The highest BCUT2D eigenvalue weighted by molar-refractivity contribution is 7.99. The lowest BCUT2D eigenvalue weighted by molar-refractivity contribution is 0.0130.